The van der Waals surface area contributed by atoms with Crippen LogP contribution >= 0.6 is 0 Å². The standard InChI is InChI=1S/C25H37N11O3/c1-17-31-22(35-39-17)18-6-2-7-20(16-18)32-24(37)33-21-10-15-36(25(38)34-21)14-4-9-19(29-13-5-11-26)8-3-12-30-23(27)28/h2,6-7,10,15-16,19,29H,3-5,8-9,11-14,26H2,1H3,(H4,27,28,30)(H2,32,33,34,37,38)/t19-/m0/s1. The summed E-state index contributed by atoms with van der Waals surface area (Å²) < 4.78 is 6.53. The summed E-state index contributed by atoms with van der Waals surface area (Å²) in [5.41, 5.74) is 17.2. The summed E-state index contributed by atoms with van der Waals surface area (Å²) in [4.78, 5) is 37.2. The lowest BCUT2D eigenvalue weighted by atomic mass is 10.1. The molecule has 0 spiro atoms. The average molecular weight is 540 g/mol. The number of aliphatic imine (C=N–C) groups is 1. The maximum Gasteiger partial charge on any atom is 0.349 e. The Morgan fingerprint density at radius 3 is 2.67 bits per heavy atom. The number of carbonyl (C=O) groups excluding carboxylic acids is 1. The van der Waals surface area contributed by atoms with Crippen molar-refractivity contribution in [1.29, 1.82) is 0 Å². The minimum Gasteiger partial charge on any atom is -0.370 e. The SMILES string of the molecule is Cc1nc(-c2cccc(NC(=O)Nc3ccn(CCC[C@H](CCCN=C(N)N)NCCCN)c(=O)n3)c2)no1. The largest absolute Gasteiger partial charge is 0.370 e. The van der Waals surface area contributed by atoms with E-state index in [0.29, 0.717) is 42.6 Å². The molecule has 3 aromatic rings. The first-order valence-electron chi connectivity index (χ1n) is 12.9. The number of amides is 2. The van der Waals surface area contributed by atoms with E-state index in [-0.39, 0.29) is 17.8 Å². The number of nitrogens with zero attached hydrogens (tertiary/aromatic N) is 5. The summed E-state index contributed by atoms with van der Waals surface area (Å²) in [5, 5.41) is 12.7. The molecule has 9 N–H and O–H groups in total. The number of hydrogen-bond acceptors (Lipinski definition) is 9. The molecule has 2 aromatic heterocycles. The predicted molar refractivity (Wildman–Crippen MR) is 150 cm³/mol. The van der Waals surface area contributed by atoms with Crippen LogP contribution in [0, 0.1) is 6.92 Å². The van der Waals surface area contributed by atoms with Crippen molar-refractivity contribution in [1.82, 2.24) is 25.0 Å². The Hall–Kier alpha value is -4.30. The van der Waals surface area contributed by atoms with Crippen LogP contribution in [0.3, 0.4) is 0 Å². The molecule has 0 fully saturated rings. The van der Waals surface area contributed by atoms with E-state index in [1.807, 2.05) is 0 Å². The van der Waals surface area contributed by atoms with Crippen LogP contribution in [0.4, 0.5) is 16.3 Å². The van der Waals surface area contributed by atoms with E-state index >= 15 is 0 Å². The van der Waals surface area contributed by atoms with E-state index < -0.39 is 11.7 Å². The van der Waals surface area contributed by atoms with Crippen molar-refractivity contribution in [2.45, 2.75) is 51.6 Å². The van der Waals surface area contributed by atoms with Crippen molar-refractivity contribution in [2.24, 2.45) is 22.2 Å². The first-order chi connectivity index (χ1) is 18.8. The summed E-state index contributed by atoms with van der Waals surface area (Å²) in [6, 6.07) is 8.33. The number of aromatic nitrogens is 4. The molecule has 39 heavy (non-hydrogen) atoms. The van der Waals surface area contributed by atoms with Gasteiger partial charge in [-0.1, -0.05) is 17.3 Å². The number of anilines is 2. The van der Waals surface area contributed by atoms with E-state index in [0.717, 1.165) is 38.6 Å². The second-order valence-corrected chi connectivity index (χ2v) is 8.97. The van der Waals surface area contributed by atoms with Gasteiger partial charge in [0.15, 0.2) is 5.96 Å². The van der Waals surface area contributed by atoms with Gasteiger partial charge in [-0.25, -0.2) is 9.59 Å². The highest BCUT2D eigenvalue weighted by Crippen LogP contribution is 2.20. The molecule has 1 aromatic carbocycles. The van der Waals surface area contributed by atoms with Crippen LogP contribution in [0.5, 0.6) is 0 Å². The highest BCUT2D eigenvalue weighted by atomic mass is 16.5. The Bertz CT molecular complexity index is 1280. The zero-order valence-corrected chi connectivity index (χ0v) is 22.1. The van der Waals surface area contributed by atoms with Crippen molar-refractivity contribution < 1.29 is 9.32 Å². The maximum absolute atomic E-state index is 12.5. The normalized spacial score (nSPS) is 11.6. The number of carbonyl (C=O) groups is 1. The Balaban J connectivity index is 1.49. The molecule has 2 heterocycles. The number of rotatable bonds is 15. The number of benzene rings is 1. The second-order valence-electron chi connectivity index (χ2n) is 8.97. The maximum atomic E-state index is 12.5. The Labute approximate surface area is 226 Å². The number of nitrogens with one attached hydrogen (secondary N) is 3. The van der Waals surface area contributed by atoms with Gasteiger partial charge in [-0.05, 0) is 63.4 Å². The molecule has 2 amide bonds. The van der Waals surface area contributed by atoms with E-state index in [1.54, 1.807) is 43.5 Å². The highest BCUT2D eigenvalue weighted by Gasteiger charge is 2.11. The zero-order valence-electron chi connectivity index (χ0n) is 22.1. The van der Waals surface area contributed by atoms with E-state index in [4.69, 9.17) is 21.7 Å². The quantitative estimate of drug-likeness (QED) is 0.0925. The second kappa shape index (κ2) is 15.2. The first-order valence-corrected chi connectivity index (χ1v) is 12.9. The van der Waals surface area contributed by atoms with Gasteiger partial charge in [0.05, 0.1) is 0 Å². The number of urea groups is 1. The third-order valence-electron chi connectivity index (χ3n) is 5.79. The van der Waals surface area contributed by atoms with Crippen LogP contribution in [0.25, 0.3) is 11.4 Å². The van der Waals surface area contributed by atoms with Gasteiger partial charge in [0.1, 0.15) is 5.82 Å². The van der Waals surface area contributed by atoms with E-state index in [9.17, 15) is 9.59 Å². The fourth-order valence-corrected chi connectivity index (χ4v) is 3.91. The lowest BCUT2D eigenvalue weighted by Gasteiger charge is -2.18. The number of guanidine groups is 1. The van der Waals surface area contributed by atoms with Crippen LogP contribution in [-0.2, 0) is 6.54 Å². The van der Waals surface area contributed by atoms with E-state index in [1.165, 1.54) is 4.57 Å². The van der Waals surface area contributed by atoms with Crippen LogP contribution in [0.2, 0.25) is 0 Å². The fourth-order valence-electron chi connectivity index (χ4n) is 3.91. The summed E-state index contributed by atoms with van der Waals surface area (Å²) in [6.45, 7) is 4.23. The smallest absolute Gasteiger partial charge is 0.349 e. The summed E-state index contributed by atoms with van der Waals surface area (Å²) in [7, 11) is 0. The molecule has 0 aliphatic rings. The molecule has 1 atom stereocenters. The summed E-state index contributed by atoms with van der Waals surface area (Å²) in [5.74, 6) is 1.11. The molecule has 0 unspecified atom stereocenters. The van der Waals surface area contributed by atoms with Gasteiger partial charge < -0.3 is 32.4 Å². The molecule has 14 nitrogen and oxygen atoms in total. The molecule has 0 aliphatic heterocycles. The number of hydrogen-bond donors (Lipinski definition) is 6. The Morgan fingerprint density at radius 2 is 1.95 bits per heavy atom. The average Bonchev–Trinajstić information content (AvgIpc) is 3.34. The fraction of sp³-hybridized carbons (Fsp3) is 0.440. The summed E-state index contributed by atoms with van der Waals surface area (Å²) in [6.07, 6.45) is 5.91. The lowest BCUT2D eigenvalue weighted by molar-refractivity contribution is 0.262. The minimum absolute atomic E-state index is 0.0923. The molecule has 210 valence electrons. The van der Waals surface area contributed by atoms with E-state index in [2.05, 4.69) is 36.1 Å². The number of nitrogens with two attached hydrogens (primary N) is 3. The minimum atomic E-state index is -0.534. The topological polar surface area (TPSA) is 217 Å². The molecular formula is C25H37N11O3. The van der Waals surface area contributed by atoms with Gasteiger partial charge in [0.25, 0.3) is 0 Å². The van der Waals surface area contributed by atoms with Crippen molar-refractivity contribution in [3.05, 3.63) is 52.9 Å². The van der Waals surface area contributed by atoms with Gasteiger partial charge >= 0.3 is 11.7 Å². The number of aryl methyl sites for hydroxylation is 2. The van der Waals surface area contributed by atoms with Crippen molar-refractivity contribution in [2.75, 3.05) is 30.3 Å². The molecule has 14 heteroatoms. The molecule has 0 saturated carbocycles. The Kier molecular flexibility index (Phi) is 11.4. The molecule has 0 saturated heterocycles. The lowest BCUT2D eigenvalue weighted by Crippen LogP contribution is -2.32. The predicted octanol–water partition coefficient (Wildman–Crippen LogP) is 1.39. The molecular weight excluding hydrogens is 502 g/mol. The van der Waals surface area contributed by atoms with Crippen molar-refractivity contribution in [3.8, 4) is 11.4 Å². The zero-order chi connectivity index (χ0) is 28.0. The highest BCUT2D eigenvalue weighted by molar-refractivity contribution is 5.99. The van der Waals surface area contributed by atoms with Gasteiger partial charge in [-0.15, -0.1) is 0 Å². The molecule has 0 bridgehead atoms. The van der Waals surface area contributed by atoms with Gasteiger partial charge in [-0.2, -0.15) is 9.97 Å². The van der Waals surface area contributed by atoms with Crippen LogP contribution < -0.4 is 38.8 Å². The van der Waals surface area contributed by atoms with Crippen molar-refractivity contribution >= 4 is 23.5 Å². The molecule has 0 radical (unpaired) electrons. The molecule has 3 rings (SSSR count). The monoisotopic (exact) mass is 539 g/mol. The third-order valence-corrected chi connectivity index (χ3v) is 5.79. The van der Waals surface area contributed by atoms with Gasteiger partial charge in [0.2, 0.25) is 11.7 Å². The summed E-state index contributed by atoms with van der Waals surface area (Å²) >= 11 is 0. The van der Waals surface area contributed by atoms with Gasteiger partial charge in [-0.3, -0.25) is 14.9 Å². The van der Waals surface area contributed by atoms with Gasteiger partial charge in [0, 0.05) is 43.5 Å². The third kappa shape index (κ3) is 10.2. The van der Waals surface area contributed by atoms with Crippen LogP contribution in [0.1, 0.15) is 38.0 Å². The Morgan fingerprint density at radius 1 is 1.13 bits per heavy atom. The first kappa shape index (κ1) is 29.3. The molecule has 0 aliphatic carbocycles. The van der Waals surface area contributed by atoms with Crippen LogP contribution in [0.15, 0.2) is 50.8 Å². The van der Waals surface area contributed by atoms with Crippen molar-refractivity contribution in [3.63, 3.8) is 0 Å². The van der Waals surface area contributed by atoms with Crippen LogP contribution in [-0.4, -0.2) is 57.4 Å².